The number of amides is 2. The highest BCUT2D eigenvalue weighted by Gasteiger charge is 2.11. The monoisotopic (exact) mass is 328 g/mol. The Kier molecular flexibility index (Phi) is 4.43. The van der Waals surface area contributed by atoms with Gasteiger partial charge in [-0.15, -0.1) is 11.3 Å². The molecule has 2 amide bonds. The molecule has 0 spiro atoms. The molecule has 0 fully saturated rings. The number of hydrogen-bond acceptors (Lipinski definition) is 3. The summed E-state index contributed by atoms with van der Waals surface area (Å²) in [6.45, 7) is 2.34. The Morgan fingerprint density at radius 3 is 2.94 bits per heavy atom. The Hall–Kier alpha value is -1.27. The summed E-state index contributed by atoms with van der Waals surface area (Å²) in [6, 6.07) is 7.35. The van der Waals surface area contributed by atoms with E-state index >= 15 is 0 Å². The smallest absolute Gasteiger partial charge is 0.315 e. The lowest BCUT2D eigenvalue weighted by molar-refractivity contribution is 0.236. The first-order chi connectivity index (χ1) is 8.65. The molecule has 0 aliphatic heterocycles. The standard InChI is InChI=1S/C12H13BrN2O2S/c1-8(10-4-5-11(13)18-10)15-12(16)14-7-9-3-2-6-17-9/h2-6,8H,7H2,1H3,(H2,14,15,16)/t8-/m0/s1. The van der Waals surface area contributed by atoms with Crippen molar-refractivity contribution in [3.05, 3.63) is 45.0 Å². The third-order valence-corrected chi connectivity index (χ3v) is 4.18. The summed E-state index contributed by atoms with van der Waals surface area (Å²) in [5, 5.41) is 5.61. The predicted molar refractivity (Wildman–Crippen MR) is 74.5 cm³/mol. The molecule has 2 aromatic rings. The SMILES string of the molecule is C[C@H](NC(=O)NCc1ccco1)c1ccc(Br)s1. The molecule has 18 heavy (non-hydrogen) atoms. The Bertz CT molecular complexity index is 510. The van der Waals surface area contributed by atoms with Gasteiger partial charge in [0, 0.05) is 4.88 Å². The number of halogens is 1. The lowest BCUT2D eigenvalue weighted by atomic mass is 10.3. The summed E-state index contributed by atoms with van der Waals surface area (Å²) in [7, 11) is 0. The van der Waals surface area contributed by atoms with Crippen molar-refractivity contribution in [1.29, 1.82) is 0 Å². The minimum Gasteiger partial charge on any atom is -0.467 e. The Morgan fingerprint density at radius 2 is 2.33 bits per heavy atom. The topological polar surface area (TPSA) is 54.3 Å². The average molecular weight is 329 g/mol. The van der Waals surface area contributed by atoms with Crippen LogP contribution in [0.25, 0.3) is 0 Å². The van der Waals surface area contributed by atoms with Crippen molar-refractivity contribution < 1.29 is 9.21 Å². The van der Waals surface area contributed by atoms with E-state index in [4.69, 9.17) is 4.42 Å². The van der Waals surface area contributed by atoms with E-state index in [1.54, 1.807) is 23.7 Å². The van der Waals surface area contributed by atoms with Crippen LogP contribution in [0.15, 0.2) is 38.7 Å². The maximum absolute atomic E-state index is 11.7. The van der Waals surface area contributed by atoms with Crippen molar-refractivity contribution in [2.45, 2.75) is 19.5 Å². The second-order valence-electron chi connectivity index (χ2n) is 3.77. The van der Waals surface area contributed by atoms with Gasteiger partial charge in [-0.3, -0.25) is 0 Å². The minimum absolute atomic E-state index is 0.0158. The van der Waals surface area contributed by atoms with Gasteiger partial charge in [-0.1, -0.05) is 0 Å². The molecule has 0 aliphatic carbocycles. The largest absolute Gasteiger partial charge is 0.467 e. The number of hydrogen-bond donors (Lipinski definition) is 2. The van der Waals surface area contributed by atoms with Gasteiger partial charge >= 0.3 is 6.03 Å². The van der Waals surface area contributed by atoms with E-state index in [1.165, 1.54) is 0 Å². The molecule has 0 saturated heterocycles. The van der Waals surface area contributed by atoms with Crippen LogP contribution < -0.4 is 10.6 Å². The molecule has 6 heteroatoms. The van der Waals surface area contributed by atoms with E-state index < -0.39 is 0 Å². The van der Waals surface area contributed by atoms with Crippen LogP contribution >= 0.6 is 27.3 Å². The zero-order valence-electron chi connectivity index (χ0n) is 9.77. The zero-order chi connectivity index (χ0) is 13.0. The number of rotatable bonds is 4. The third kappa shape index (κ3) is 3.61. The van der Waals surface area contributed by atoms with Crippen molar-refractivity contribution in [1.82, 2.24) is 10.6 Å². The zero-order valence-corrected chi connectivity index (χ0v) is 12.2. The van der Waals surface area contributed by atoms with E-state index in [0.717, 1.165) is 14.4 Å². The van der Waals surface area contributed by atoms with Gasteiger partial charge < -0.3 is 15.1 Å². The normalized spacial score (nSPS) is 12.1. The Labute approximate surface area is 118 Å². The number of thiophene rings is 1. The highest BCUT2D eigenvalue weighted by molar-refractivity contribution is 9.11. The van der Waals surface area contributed by atoms with Crippen LogP contribution in [-0.4, -0.2) is 6.03 Å². The molecule has 1 atom stereocenters. The van der Waals surface area contributed by atoms with Crippen molar-refractivity contribution in [2.75, 3.05) is 0 Å². The van der Waals surface area contributed by atoms with Gasteiger partial charge in [-0.05, 0) is 47.1 Å². The molecule has 2 N–H and O–H groups in total. The van der Waals surface area contributed by atoms with E-state index in [2.05, 4.69) is 26.6 Å². The number of carbonyl (C=O) groups excluding carboxylic acids is 1. The second-order valence-corrected chi connectivity index (χ2v) is 6.26. The van der Waals surface area contributed by atoms with Crippen molar-refractivity contribution in [2.24, 2.45) is 0 Å². The maximum atomic E-state index is 11.7. The van der Waals surface area contributed by atoms with Crippen LogP contribution in [0.4, 0.5) is 4.79 Å². The van der Waals surface area contributed by atoms with Gasteiger partial charge in [0.1, 0.15) is 5.76 Å². The van der Waals surface area contributed by atoms with Crippen LogP contribution in [-0.2, 0) is 6.54 Å². The highest BCUT2D eigenvalue weighted by Crippen LogP contribution is 2.26. The van der Waals surface area contributed by atoms with Gasteiger partial charge in [0.15, 0.2) is 0 Å². The van der Waals surface area contributed by atoms with Crippen LogP contribution in [0, 0.1) is 0 Å². The Morgan fingerprint density at radius 1 is 1.50 bits per heavy atom. The third-order valence-electron chi connectivity index (χ3n) is 2.37. The molecule has 0 aliphatic rings. The van der Waals surface area contributed by atoms with Gasteiger partial charge in [-0.25, -0.2) is 4.79 Å². The average Bonchev–Trinajstić information content (AvgIpc) is 2.97. The number of urea groups is 1. The minimum atomic E-state index is -0.205. The van der Waals surface area contributed by atoms with E-state index in [9.17, 15) is 4.79 Å². The lowest BCUT2D eigenvalue weighted by Gasteiger charge is -2.12. The predicted octanol–water partition coefficient (Wildman–Crippen LogP) is 3.66. The summed E-state index contributed by atoms with van der Waals surface area (Å²) in [5.41, 5.74) is 0. The summed E-state index contributed by atoms with van der Waals surface area (Å²) in [5.74, 6) is 0.733. The maximum Gasteiger partial charge on any atom is 0.315 e. The molecular formula is C12H13BrN2O2S. The summed E-state index contributed by atoms with van der Waals surface area (Å²) >= 11 is 5.01. The molecule has 0 bridgehead atoms. The first kappa shape index (κ1) is 13.2. The van der Waals surface area contributed by atoms with Crippen LogP contribution in [0.2, 0.25) is 0 Å². The molecule has 2 aromatic heterocycles. The first-order valence-electron chi connectivity index (χ1n) is 5.47. The van der Waals surface area contributed by atoms with Crippen LogP contribution in [0.5, 0.6) is 0 Å². The molecule has 0 radical (unpaired) electrons. The Balaban J connectivity index is 1.80. The summed E-state index contributed by atoms with van der Waals surface area (Å²) in [4.78, 5) is 12.8. The van der Waals surface area contributed by atoms with Crippen LogP contribution in [0.3, 0.4) is 0 Å². The molecule has 0 aromatic carbocycles. The van der Waals surface area contributed by atoms with Gasteiger partial charge in [-0.2, -0.15) is 0 Å². The second kappa shape index (κ2) is 6.06. The molecule has 2 heterocycles. The molecule has 96 valence electrons. The molecule has 0 unspecified atom stereocenters. The molecule has 0 saturated carbocycles. The first-order valence-corrected chi connectivity index (χ1v) is 7.08. The van der Waals surface area contributed by atoms with E-state index in [1.807, 2.05) is 25.1 Å². The van der Waals surface area contributed by atoms with Gasteiger partial charge in [0.25, 0.3) is 0 Å². The fourth-order valence-electron chi connectivity index (χ4n) is 1.46. The molecule has 4 nitrogen and oxygen atoms in total. The van der Waals surface area contributed by atoms with Crippen molar-refractivity contribution in [3.63, 3.8) is 0 Å². The highest BCUT2D eigenvalue weighted by atomic mass is 79.9. The number of nitrogens with one attached hydrogen (secondary N) is 2. The van der Waals surface area contributed by atoms with Crippen LogP contribution in [0.1, 0.15) is 23.6 Å². The molecule has 2 rings (SSSR count). The van der Waals surface area contributed by atoms with E-state index in [-0.39, 0.29) is 12.1 Å². The number of carbonyl (C=O) groups is 1. The van der Waals surface area contributed by atoms with Gasteiger partial charge in [0.2, 0.25) is 0 Å². The van der Waals surface area contributed by atoms with Gasteiger partial charge in [0.05, 0.1) is 22.6 Å². The molecular weight excluding hydrogens is 316 g/mol. The van der Waals surface area contributed by atoms with E-state index in [0.29, 0.717) is 6.54 Å². The summed E-state index contributed by atoms with van der Waals surface area (Å²) in [6.07, 6.45) is 1.58. The van der Waals surface area contributed by atoms with Crippen molar-refractivity contribution >= 4 is 33.3 Å². The number of furan rings is 1. The fourth-order valence-corrected chi connectivity index (χ4v) is 2.89. The lowest BCUT2D eigenvalue weighted by Crippen LogP contribution is -2.36. The van der Waals surface area contributed by atoms with Crippen molar-refractivity contribution in [3.8, 4) is 0 Å². The fraction of sp³-hybridized carbons (Fsp3) is 0.250. The quantitative estimate of drug-likeness (QED) is 0.899. The summed E-state index contributed by atoms with van der Waals surface area (Å²) < 4.78 is 6.19.